The average Bonchev–Trinajstić information content (AvgIpc) is 2.22. The van der Waals surface area contributed by atoms with Gasteiger partial charge in [-0.2, -0.15) is 0 Å². The minimum atomic E-state index is -0.627. The normalized spacial score (nSPS) is 9.67. The maximum Gasteiger partial charge on any atom is 0.251 e. The van der Waals surface area contributed by atoms with Gasteiger partial charge in [-0.05, 0) is 18.2 Å². The molecule has 0 aliphatic carbocycles. The zero-order valence-corrected chi connectivity index (χ0v) is 8.00. The van der Waals surface area contributed by atoms with Crippen molar-refractivity contribution < 1.29 is 14.0 Å². The molecule has 0 aliphatic heterocycles. The predicted molar refractivity (Wildman–Crippen MR) is 53.8 cm³/mol. The van der Waals surface area contributed by atoms with Crippen LogP contribution < -0.4 is 11.1 Å². The molecule has 0 bridgehead atoms. The molecule has 0 saturated heterocycles. The third-order valence-corrected chi connectivity index (χ3v) is 1.81. The van der Waals surface area contributed by atoms with E-state index in [0.29, 0.717) is 6.29 Å². The number of carbonyl (C=O) groups excluding carboxylic acids is 2. The summed E-state index contributed by atoms with van der Waals surface area (Å²) in [5, 5.41) is 2.47. The Balaban J connectivity index is 2.65. The first-order chi connectivity index (χ1) is 7.15. The van der Waals surface area contributed by atoms with Crippen LogP contribution in [0, 0.1) is 5.82 Å². The van der Waals surface area contributed by atoms with Crippen LogP contribution in [0.2, 0.25) is 0 Å². The highest BCUT2D eigenvalue weighted by atomic mass is 19.1. The minimum Gasteiger partial charge on any atom is -0.396 e. The van der Waals surface area contributed by atoms with Crippen molar-refractivity contribution in [3.05, 3.63) is 29.6 Å². The van der Waals surface area contributed by atoms with Crippen LogP contribution >= 0.6 is 0 Å². The van der Waals surface area contributed by atoms with E-state index in [1.54, 1.807) is 0 Å². The van der Waals surface area contributed by atoms with Gasteiger partial charge >= 0.3 is 0 Å². The maximum absolute atomic E-state index is 13.0. The van der Waals surface area contributed by atoms with Gasteiger partial charge < -0.3 is 15.8 Å². The summed E-state index contributed by atoms with van der Waals surface area (Å²) in [5.41, 5.74) is 5.44. The molecular weight excluding hydrogens is 199 g/mol. The number of rotatable bonds is 4. The van der Waals surface area contributed by atoms with Gasteiger partial charge in [-0.25, -0.2) is 4.39 Å². The fourth-order valence-electron chi connectivity index (χ4n) is 1.02. The highest BCUT2D eigenvalue weighted by molar-refractivity contribution is 5.94. The summed E-state index contributed by atoms with van der Waals surface area (Å²) in [5.74, 6) is -1.05. The predicted octanol–water partition coefficient (Wildman–Crippen LogP) is 0.727. The fourth-order valence-corrected chi connectivity index (χ4v) is 1.02. The molecule has 5 heteroatoms. The molecule has 0 atom stereocenters. The molecular formula is C10H11FN2O2. The van der Waals surface area contributed by atoms with E-state index in [0.717, 1.165) is 6.07 Å². The van der Waals surface area contributed by atoms with Crippen LogP contribution in [0.3, 0.4) is 0 Å². The van der Waals surface area contributed by atoms with Crippen LogP contribution in [0.15, 0.2) is 18.2 Å². The summed E-state index contributed by atoms with van der Waals surface area (Å²) in [6, 6.07) is 3.81. The van der Waals surface area contributed by atoms with Gasteiger partial charge in [-0.15, -0.1) is 0 Å². The van der Waals surface area contributed by atoms with Gasteiger partial charge in [-0.3, -0.25) is 4.79 Å². The third-order valence-electron chi connectivity index (χ3n) is 1.81. The van der Waals surface area contributed by atoms with Crippen molar-refractivity contribution in [2.45, 2.75) is 6.42 Å². The zero-order chi connectivity index (χ0) is 11.3. The van der Waals surface area contributed by atoms with E-state index < -0.39 is 11.7 Å². The first-order valence-electron chi connectivity index (χ1n) is 4.42. The van der Waals surface area contributed by atoms with Crippen molar-refractivity contribution >= 4 is 17.9 Å². The number of anilines is 1. The van der Waals surface area contributed by atoms with Crippen molar-refractivity contribution in [1.82, 2.24) is 5.32 Å². The molecule has 80 valence electrons. The van der Waals surface area contributed by atoms with Crippen LogP contribution in [0.25, 0.3) is 0 Å². The number of halogens is 1. The zero-order valence-electron chi connectivity index (χ0n) is 8.00. The van der Waals surface area contributed by atoms with Gasteiger partial charge in [0.1, 0.15) is 12.1 Å². The fraction of sp³-hybridized carbons (Fsp3) is 0.200. The highest BCUT2D eigenvalue weighted by Crippen LogP contribution is 2.11. The molecule has 0 fully saturated rings. The van der Waals surface area contributed by atoms with E-state index in [9.17, 15) is 14.0 Å². The Bertz CT molecular complexity index is 380. The van der Waals surface area contributed by atoms with Gasteiger partial charge in [0, 0.05) is 18.5 Å². The number of nitrogen functional groups attached to an aromatic ring is 1. The van der Waals surface area contributed by atoms with Crippen molar-refractivity contribution in [2.24, 2.45) is 0 Å². The summed E-state index contributed by atoms with van der Waals surface area (Å²) in [6.07, 6.45) is 0.938. The summed E-state index contributed by atoms with van der Waals surface area (Å²) in [6.45, 7) is 0.244. The van der Waals surface area contributed by atoms with Crippen molar-refractivity contribution in [3.63, 3.8) is 0 Å². The van der Waals surface area contributed by atoms with Gasteiger partial charge in [0.25, 0.3) is 5.91 Å². The summed E-state index contributed by atoms with van der Waals surface area (Å²) >= 11 is 0. The Kier molecular flexibility index (Phi) is 3.79. The SMILES string of the molecule is Nc1ccc(C(=O)NCCC=O)cc1F. The second kappa shape index (κ2) is 5.09. The molecule has 0 aromatic heterocycles. The lowest BCUT2D eigenvalue weighted by Gasteiger charge is -2.03. The number of benzene rings is 1. The smallest absolute Gasteiger partial charge is 0.251 e. The molecule has 4 nitrogen and oxygen atoms in total. The number of hydrogen-bond donors (Lipinski definition) is 2. The summed E-state index contributed by atoms with van der Waals surface area (Å²) in [7, 11) is 0. The number of nitrogens with one attached hydrogen (secondary N) is 1. The molecule has 0 spiro atoms. The molecule has 0 unspecified atom stereocenters. The summed E-state index contributed by atoms with van der Waals surface area (Å²) in [4.78, 5) is 21.3. The Hall–Kier alpha value is -1.91. The van der Waals surface area contributed by atoms with Gasteiger partial charge in [0.15, 0.2) is 0 Å². The molecule has 3 N–H and O–H groups in total. The quantitative estimate of drug-likeness (QED) is 0.437. The largest absolute Gasteiger partial charge is 0.396 e. The van der Waals surface area contributed by atoms with E-state index in [-0.39, 0.29) is 24.2 Å². The first-order valence-corrected chi connectivity index (χ1v) is 4.42. The molecule has 0 aliphatic rings. The molecule has 1 aromatic rings. The Morgan fingerprint density at radius 2 is 2.27 bits per heavy atom. The lowest BCUT2D eigenvalue weighted by Crippen LogP contribution is -2.24. The monoisotopic (exact) mass is 210 g/mol. The van der Waals surface area contributed by atoms with E-state index in [1.807, 2.05) is 0 Å². The topological polar surface area (TPSA) is 72.2 Å². The van der Waals surface area contributed by atoms with Crippen LogP contribution in [-0.4, -0.2) is 18.7 Å². The minimum absolute atomic E-state index is 0.000517. The van der Waals surface area contributed by atoms with Crippen molar-refractivity contribution in [2.75, 3.05) is 12.3 Å². The maximum atomic E-state index is 13.0. The van der Waals surface area contributed by atoms with Crippen LogP contribution in [-0.2, 0) is 4.79 Å². The van der Waals surface area contributed by atoms with Crippen LogP contribution in [0.4, 0.5) is 10.1 Å². The number of amides is 1. The van der Waals surface area contributed by atoms with Gasteiger partial charge in [-0.1, -0.05) is 0 Å². The molecule has 0 heterocycles. The molecule has 15 heavy (non-hydrogen) atoms. The molecule has 0 saturated carbocycles. The second-order valence-corrected chi connectivity index (χ2v) is 2.95. The lowest BCUT2D eigenvalue weighted by atomic mass is 10.2. The van der Waals surface area contributed by atoms with Crippen molar-refractivity contribution in [1.29, 1.82) is 0 Å². The number of nitrogens with two attached hydrogens (primary N) is 1. The first kappa shape index (κ1) is 11.2. The van der Waals surface area contributed by atoms with Gasteiger partial charge in [0.05, 0.1) is 5.69 Å². The van der Waals surface area contributed by atoms with Crippen LogP contribution in [0.1, 0.15) is 16.8 Å². The van der Waals surface area contributed by atoms with Crippen molar-refractivity contribution in [3.8, 4) is 0 Å². The van der Waals surface area contributed by atoms with E-state index in [2.05, 4.69) is 5.32 Å². The number of carbonyl (C=O) groups is 2. The molecule has 1 aromatic carbocycles. The van der Waals surface area contributed by atoms with E-state index >= 15 is 0 Å². The average molecular weight is 210 g/mol. The van der Waals surface area contributed by atoms with E-state index in [4.69, 9.17) is 5.73 Å². The number of aldehydes is 1. The molecule has 0 radical (unpaired) electrons. The lowest BCUT2D eigenvalue weighted by molar-refractivity contribution is -0.107. The second-order valence-electron chi connectivity index (χ2n) is 2.95. The van der Waals surface area contributed by atoms with Gasteiger partial charge in [0.2, 0.25) is 0 Å². The number of hydrogen-bond acceptors (Lipinski definition) is 3. The Morgan fingerprint density at radius 1 is 1.53 bits per heavy atom. The Morgan fingerprint density at radius 3 is 2.87 bits per heavy atom. The van der Waals surface area contributed by atoms with E-state index in [1.165, 1.54) is 12.1 Å². The summed E-state index contributed by atoms with van der Waals surface area (Å²) < 4.78 is 13.0. The van der Waals surface area contributed by atoms with Crippen LogP contribution in [0.5, 0.6) is 0 Å². The third kappa shape index (κ3) is 3.05. The molecule has 1 amide bonds. The molecule has 1 rings (SSSR count). The standard InChI is InChI=1S/C10H11FN2O2/c11-8-6-7(2-3-9(8)12)10(15)13-4-1-5-14/h2-3,5-6H,1,4,12H2,(H,13,15). The Labute approximate surface area is 86.3 Å². The highest BCUT2D eigenvalue weighted by Gasteiger charge is 2.07.